The van der Waals surface area contributed by atoms with E-state index in [1.165, 1.54) is 20.4 Å². The molecule has 3 heteroatoms. The Labute approximate surface area is 135 Å². The van der Waals surface area contributed by atoms with E-state index < -0.39 is 0 Å². The van der Waals surface area contributed by atoms with Gasteiger partial charge in [-0.1, -0.05) is 18.2 Å². The number of halogens is 1. The minimum absolute atomic E-state index is 0.296. The predicted molar refractivity (Wildman–Crippen MR) is 96.7 cm³/mol. The first-order valence-electron chi connectivity index (χ1n) is 6.77. The van der Waals surface area contributed by atoms with E-state index in [0.29, 0.717) is 6.04 Å². The fourth-order valence-electron chi connectivity index (χ4n) is 2.27. The molecule has 2 aromatic rings. The summed E-state index contributed by atoms with van der Waals surface area (Å²) >= 11 is 2.33. The Balaban J connectivity index is 2.17. The monoisotopic (exact) mass is 380 g/mol. The summed E-state index contributed by atoms with van der Waals surface area (Å²) in [6.07, 6.45) is 0. The molecule has 1 N–H and O–H groups in total. The smallest absolute Gasteiger partial charge is 0.0485 e. The molecule has 106 valence electrons. The van der Waals surface area contributed by atoms with Crippen molar-refractivity contribution < 1.29 is 0 Å². The van der Waals surface area contributed by atoms with Crippen LogP contribution in [-0.4, -0.2) is 14.1 Å². The van der Waals surface area contributed by atoms with Gasteiger partial charge >= 0.3 is 0 Å². The van der Waals surface area contributed by atoms with Gasteiger partial charge in [0.1, 0.15) is 0 Å². The third kappa shape index (κ3) is 3.66. The maximum atomic E-state index is 3.57. The Hall–Kier alpha value is -1.23. The van der Waals surface area contributed by atoms with Crippen LogP contribution in [0.15, 0.2) is 42.5 Å². The zero-order valence-corrected chi connectivity index (χ0v) is 14.6. The minimum atomic E-state index is 0.296. The van der Waals surface area contributed by atoms with Gasteiger partial charge in [0.05, 0.1) is 0 Å². The molecule has 0 radical (unpaired) electrons. The number of aryl methyl sites for hydroxylation is 1. The molecule has 0 bridgehead atoms. The second-order valence-corrected chi connectivity index (χ2v) is 6.56. The van der Waals surface area contributed by atoms with E-state index in [0.717, 1.165) is 5.69 Å². The molecule has 2 nitrogen and oxygen atoms in total. The molecule has 0 aliphatic carbocycles. The zero-order chi connectivity index (χ0) is 14.7. The van der Waals surface area contributed by atoms with Crippen LogP contribution in [0, 0.1) is 10.5 Å². The van der Waals surface area contributed by atoms with Crippen LogP contribution in [-0.2, 0) is 0 Å². The van der Waals surface area contributed by atoms with Gasteiger partial charge in [-0.25, -0.2) is 0 Å². The molecule has 0 aliphatic heterocycles. The van der Waals surface area contributed by atoms with Crippen molar-refractivity contribution in [1.82, 2.24) is 0 Å². The molecular formula is C17H21IN2. The molecular weight excluding hydrogens is 359 g/mol. The van der Waals surface area contributed by atoms with Crippen molar-refractivity contribution in [3.63, 3.8) is 0 Å². The van der Waals surface area contributed by atoms with E-state index in [9.17, 15) is 0 Å². The summed E-state index contributed by atoms with van der Waals surface area (Å²) in [6.45, 7) is 4.33. The maximum absolute atomic E-state index is 3.57. The van der Waals surface area contributed by atoms with E-state index in [1.807, 2.05) is 0 Å². The fourth-order valence-corrected chi connectivity index (χ4v) is 2.63. The van der Waals surface area contributed by atoms with Gasteiger partial charge in [0, 0.05) is 35.1 Å². The number of hydrogen-bond acceptors (Lipinski definition) is 2. The highest BCUT2D eigenvalue weighted by atomic mass is 127. The van der Waals surface area contributed by atoms with Gasteiger partial charge in [0.25, 0.3) is 0 Å². The maximum Gasteiger partial charge on any atom is 0.0485 e. The van der Waals surface area contributed by atoms with E-state index in [4.69, 9.17) is 0 Å². The van der Waals surface area contributed by atoms with Crippen LogP contribution in [0.25, 0.3) is 0 Å². The highest BCUT2D eigenvalue weighted by Crippen LogP contribution is 2.26. The third-order valence-electron chi connectivity index (χ3n) is 3.44. The Morgan fingerprint density at radius 3 is 2.30 bits per heavy atom. The van der Waals surface area contributed by atoms with Gasteiger partial charge in [-0.15, -0.1) is 0 Å². The van der Waals surface area contributed by atoms with Crippen molar-refractivity contribution in [2.24, 2.45) is 0 Å². The molecule has 0 amide bonds. The van der Waals surface area contributed by atoms with E-state index in [2.05, 4.69) is 103 Å². The van der Waals surface area contributed by atoms with Crippen molar-refractivity contribution in [2.75, 3.05) is 24.3 Å². The molecule has 0 saturated carbocycles. The average Bonchev–Trinajstić information content (AvgIpc) is 2.41. The number of anilines is 2. The quantitative estimate of drug-likeness (QED) is 0.764. The number of hydrogen-bond donors (Lipinski definition) is 1. The summed E-state index contributed by atoms with van der Waals surface area (Å²) in [5.74, 6) is 0. The molecule has 0 saturated heterocycles. The van der Waals surface area contributed by atoms with E-state index in [1.54, 1.807) is 0 Å². The van der Waals surface area contributed by atoms with Crippen LogP contribution in [0.5, 0.6) is 0 Å². The Bertz CT molecular complexity index is 576. The van der Waals surface area contributed by atoms with Gasteiger partial charge in [-0.3, -0.25) is 0 Å². The molecule has 0 aromatic heterocycles. The van der Waals surface area contributed by atoms with Gasteiger partial charge in [0.15, 0.2) is 0 Å². The molecule has 0 fully saturated rings. The average molecular weight is 380 g/mol. The second-order valence-electron chi connectivity index (χ2n) is 5.31. The molecule has 0 heterocycles. The first-order valence-corrected chi connectivity index (χ1v) is 7.85. The highest BCUT2D eigenvalue weighted by Gasteiger charge is 2.07. The summed E-state index contributed by atoms with van der Waals surface area (Å²) in [7, 11) is 4.16. The summed E-state index contributed by atoms with van der Waals surface area (Å²) in [5, 5.41) is 3.57. The predicted octanol–water partition coefficient (Wildman–Crippen LogP) is 4.84. The van der Waals surface area contributed by atoms with Gasteiger partial charge in [0.2, 0.25) is 0 Å². The lowest BCUT2D eigenvalue weighted by Crippen LogP contribution is -2.12. The lowest BCUT2D eigenvalue weighted by atomic mass is 10.1. The van der Waals surface area contributed by atoms with Crippen LogP contribution < -0.4 is 10.2 Å². The third-order valence-corrected chi connectivity index (χ3v) is 4.16. The summed E-state index contributed by atoms with van der Waals surface area (Å²) in [4.78, 5) is 2.15. The lowest BCUT2D eigenvalue weighted by molar-refractivity contribution is 0.884. The normalized spacial score (nSPS) is 12.1. The summed E-state index contributed by atoms with van der Waals surface area (Å²) < 4.78 is 1.27. The Morgan fingerprint density at radius 2 is 1.70 bits per heavy atom. The number of nitrogens with one attached hydrogen (secondary N) is 1. The van der Waals surface area contributed by atoms with Crippen LogP contribution in [0.2, 0.25) is 0 Å². The van der Waals surface area contributed by atoms with Crippen LogP contribution in [0.1, 0.15) is 24.1 Å². The molecule has 20 heavy (non-hydrogen) atoms. The number of benzene rings is 2. The van der Waals surface area contributed by atoms with Crippen molar-refractivity contribution in [3.05, 3.63) is 57.2 Å². The van der Waals surface area contributed by atoms with Crippen molar-refractivity contribution >= 4 is 34.0 Å². The van der Waals surface area contributed by atoms with Crippen molar-refractivity contribution in [2.45, 2.75) is 19.9 Å². The SMILES string of the molecule is Cc1ccc(NC(C)c2ccc(I)cc2)cc1N(C)C. The largest absolute Gasteiger partial charge is 0.378 e. The Kier molecular flexibility index (Phi) is 4.91. The number of rotatable bonds is 4. The first kappa shape index (κ1) is 15.2. The molecule has 0 spiro atoms. The first-order chi connectivity index (χ1) is 9.47. The van der Waals surface area contributed by atoms with Gasteiger partial charge < -0.3 is 10.2 Å². The second kappa shape index (κ2) is 6.48. The standard InChI is InChI=1S/C17H21IN2/c1-12-5-10-16(11-17(12)20(3)4)19-13(2)14-6-8-15(18)9-7-14/h5-11,13,19H,1-4H3. The van der Waals surface area contributed by atoms with Crippen molar-refractivity contribution in [3.8, 4) is 0 Å². The fraction of sp³-hybridized carbons (Fsp3) is 0.294. The molecule has 2 aromatic carbocycles. The van der Waals surface area contributed by atoms with Crippen LogP contribution >= 0.6 is 22.6 Å². The molecule has 1 unspecified atom stereocenters. The van der Waals surface area contributed by atoms with E-state index >= 15 is 0 Å². The van der Waals surface area contributed by atoms with E-state index in [-0.39, 0.29) is 0 Å². The van der Waals surface area contributed by atoms with Gasteiger partial charge in [-0.05, 0) is 71.8 Å². The topological polar surface area (TPSA) is 15.3 Å². The van der Waals surface area contributed by atoms with Crippen LogP contribution in [0.3, 0.4) is 0 Å². The highest BCUT2D eigenvalue weighted by molar-refractivity contribution is 14.1. The molecule has 0 aliphatic rings. The zero-order valence-electron chi connectivity index (χ0n) is 12.4. The van der Waals surface area contributed by atoms with Crippen molar-refractivity contribution in [1.29, 1.82) is 0 Å². The minimum Gasteiger partial charge on any atom is -0.378 e. The number of nitrogens with zero attached hydrogens (tertiary/aromatic N) is 1. The van der Waals surface area contributed by atoms with Gasteiger partial charge in [-0.2, -0.15) is 0 Å². The molecule has 1 atom stereocenters. The van der Waals surface area contributed by atoms with Crippen LogP contribution in [0.4, 0.5) is 11.4 Å². The molecule has 2 rings (SSSR count). The Morgan fingerprint density at radius 1 is 1.05 bits per heavy atom. The summed E-state index contributed by atoms with van der Waals surface area (Å²) in [5.41, 5.74) is 5.01. The lowest BCUT2D eigenvalue weighted by Gasteiger charge is -2.20. The summed E-state index contributed by atoms with van der Waals surface area (Å²) in [6, 6.07) is 15.5.